The maximum atomic E-state index is 5.88. The highest BCUT2D eigenvalue weighted by Gasteiger charge is 2.22. The van der Waals surface area contributed by atoms with E-state index >= 15 is 0 Å². The van der Waals surface area contributed by atoms with Crippen LogP contribution >= 0.6 is 0 Å². The fraction of sp³-hybridized carbons (Fsp3) is 0.250. The van der Waals surface area contributed by atoms with Crippen LogP contribution in [0.25, 0.3) is 10.8 Å². The fourth-order valence-corrected chi connectivity index (χ4v) is 3.51. The Morgan fingerprint density at radius 1 is 1.17 bits per heavy atom. The van der Waals surface area contributed by atoms with Crippen molar-refractivity contribution in [1.29, 1.82) is 0 Å². The van der Waals surface area contributed by atoms with Gasteiger partial charge in [-0.2, -0.15) is 0 Å². The first kappa shape index (κ1) is 15.0. The van der Waals surface area contributed by atoms with Crippen LogP contribution < -0.4 is 11.1 Å². The van der Waals surface area contributed by atoms with Gasteiger partial charge in [-0.05, 0) is 36.2 Å². The van der Waals surface area contributed by atoms with E-state index < -0.39 is 0 Å². The smallest absolute Gasteiger partial charge is 0.0423 e. The summed E-state index contributed by atoms with van der Waals surface area (Å²) in [4.78, 5) is 6.69. The van der Waals surface area contributed by atoms with Crippen molar-refractivity contribution < 1.29 is 0 Å². The van der Waals surface area contributed by atoms with E-state index in [1.54, 1.807) is 0 Å². The molecule has 0 unspecified atom stereocenters. The molecular formula is C20H22N4. The van der Waals surface area contributed by atoms with E-state index in [9.17, 15) is 0 Å². The summed E-state index contributed by atoms with van der Waals surface area (Å²) in [6.45, 7) is 3.12. The molecule has 2 heterocycles. The molecule has 4 rings (SSSR count). The first-order valence-electron chi connectivity index (χ1n) is 8.44. The zero-order valence-corrected chi connectivity index (χ0v) is 13.7. The van der Waals surface area contributed by atoms with E-state index in [2.05, 4.69) is 51.6 Å². The van der Waals surface area contributed by atoms with Crippen LogP contribution in [0.4, 0.5) is 11.4 Å². The van der Waals surface area contributed by atoms with Crippen molar-refractivity contribution in [2.75, 3.05) is 24.1 Å². The molecule has 1 aromatic heterocycles. The molecule has 0 radical (unpaired) electrons. The minimum Gasteiger partial charge on any atom is -0.399 e. The second-order valence-corrected chi connectivity index (χ2v) is 6.51. The molecule has 2 aromatic carbocycles. The summed E-state index contributed by atoms with van der Waals surface area (Å²) in [5.74, 6) is 0. The second kappa shape index (κ2) is 6.49. The van der Waals surface area contributed by atoms with E-state index in [1.807, 2.05) is 24.5 Å². The molecule has 0 saturated carbocycles. The summed E-state index contributed by atoms with van der Waals surface area (Å²) in [6, 6.07) is 17.1. The van der Waals surface area contributed by atoms with Gasteiger partial charge in [0, 0.05) is 60.2 Å². The number of anilines is 2. The predicted octanol–water partition coefficient (Wildman–Crippen LogP) is 3.50. The largest absolute Gasteiger partial charge is 0.399 e. The number of fused-ring (bicyclic) bond motifs is 1. The number of rotatable bonds is 4. The first-order valence-corrected chi connectivity index (χ1v) is 8.44. The maximum absolute atomic E-state index is 5.88. The molecule has 1 atom stereocenters. The van der Waals surface area contributed by atoms with Crippen LogP contribution in [-0.2, 0) is 6.54 Å². The van der Waals surface area contributed by atoms with Gasteiger partial charge in [-0.3, -0.25) is 9.88 Å². The highest BCUT2D eigenvalue weighted by Crippen LogP contribution is 2.25. The standard InChI is InChI=1S/C20H22N4/c21-17-5-1-3-15(11-17)13-24-10-8-18(14-24)23-20-6-2-4-16-12-22-9-7-19(16)20/h1-7,9,11-12,18,23H,8,10,13-14,21H2/t18-/m1/s1. The third-order valence-electron chi connectivity index (χ3n) is 4.67. The average Bonchev–Trinajstić information content (AvgIpc) is 3.02. The Morgan fingerprint density at radius 2 is 2.08 bits per heavy atom. The number of hydrogen-bond acceptors (Lipinski definition) is 4. The van der Waals surface area contributed by atoms with Crippen LogP contribution in [0.1, 0.15) is 12.0 Å². The minimum atomic E-state index is 0.477. The number of hydrogen-bond donors (Lipinski definition) is 2. The summed E-state index contributed by atoms with van der Waals surface area (Å²) in [5, 5.41) is 6.13. The highest BCUT2D eigenvalue weighted by molar-refractivity contribution is 5.93. The Morgan fingerprint density at radius 3 is 3.00 bits per heavy atom. The Kier molecular flexibility index (Phi) is 4.05. The summed E-state index contributed by atoms with van der Waals surface area (Å²) >= 11 is 0. The Hall–Kier alpha value is -2.59. The topological polar surface area (TPSA) is 54.2 Å². The van der Waals surface area contributed by atoms with Gasteiger partial charge in [0.2, 0.25) is 0 Å². The van der Waals surface area contributed by atoms with E-state index in [1.165, 1.54) is 22.0 Å². The lowest BCUT2D eigenvalue weighted by atomic mass is 10.1. The molecule has 3 N–H and O–H groups in total. The number of aromatic nitrogens is 1. The van der Waals surface area contributed by atoms with Gasteiger partial charge in [-0.25, -0.2) is 0 Å². The van der Waals surface area contributed by atoms with Gasteiger partial charge in [-0.1, -0.05) is 24.3 Å². The lowest BCUT2D eigenvalue weighted by Gasteiger charge is -2.18. The lowest BCUT2D eigenvalue weighted by molar-refractivity contribution is 0.329. The van der Waals surface area contributed by atoms with E-state index in [4.69, 9.17) is 5.73 Å². The number of nitrogens with two attached hydrogens (primary N) is 1. The highest BCUT2D eigenvalue weighted by atomic mass is 15.2. The zero-order chi connectivity index (χ0) is 16.4. The molecule has 1 saturated heterocycles. The molecule has 0 aliphatic carbocycles. The number of nitrogens with zero attached hydrogens (tertiary/aromatic N) is 2. The number of pyridine rings is 1. The number of nitrogen functional groups attached to an aromatic ring is 1. The van der Waals surface area contributed by atoms with Crippen LogP contribution in [0.15, 0.2) is 60.9 Å². The molecule has 24 heavy (non-hydrogen) atoms. The van der Waals surface area contributed by atoms with E-state index in [0.717, 1.165) is 31.7 Å². The quantitative estimate of drug-likeness (QED) is 0.723. The Bertz CT molecular complexity index is 840. The van der Waals surface area contributed by atoms with Crippen molar-refractivity contribution in [3.05, 3.63) is 66.5 Å². The van der Waals surface area contributed by atoms with Crippen molar-refractivity contribution in [3.8, 4) is 0 Å². The molecule has 3 aromatic rings. The summed E-state index contributed by atoms with van der Waals surface area (Å²) in [5.41, 5.74) is 9.20. The van der Waals surface area contributed by atoms with Crippen LogP contribution in [0.5, 0.6) is 0 Å². The summed E-state index contributed by atoms with van der Waals surface area (Å²) in [7, 11) is 0. The van der Waals surface area contributed by atoms with Gasteiger partial charge in [0.15, 0.2) is 0 Å². The molecule has 1 fully saturated rings. The third kappa shape index (κ3) is 3.19. The van der Waals surface area contributed by atoms with E-state index in [-0.39, 0.29) is 0 Å². The first-order chi connectivity index (χ1) is 11.8. The molecule has 4 heteroatoms. The van der Waals surface area contributed by atoms with Crippen LogP contribution in [0.3, 0.4) is 0 Å². The van der Waals surface area contributed by atoms with Gasteiger partial charge >= 0.3 is 0 Å². The van der Waals surface area contributed by atoms with Crippen molar-refractivity contribution >= 4 is 22.1 Å². The lowest BCUT2D eigenvalue weighted by Crippen LogP contribution is -2.26. The molecule has 1 aliphatic rings. The van der Waals surface area contributed by atoms with Gasteiger partial charge in [0.25, 0.3) is 0 Å². The number of benzene rings is 2. The second-order valence-electron chi connectivity index (χ2n) is 6.51. The van der Waals surface area contributed by atoms with Gasteiger partial charge in [-0.15, -0.1) is 0 Å². The van der Waals surface area contributed by atoms with Crippen LogP contribution in [-0.4, -0.2) is 29.0 Å². The normalized spacial score (nSPS) is 18.1. The summed E-state index contributed by atoms with van der Waals surface area (Å²) < 4.78 is 0. The Labute approximate surface area is 142 Å². The SMILES string of the molecule is Nc1cccc(CN2CC[C@@H](Nc3cccc4cnccc34)C2)c1. The number of likely N-dealkylation sites (tertiary alicyclic amines) is 1. The van der Waals surface area contributed by atoms with Gasteiger partial charge in [0.1, 0.15) is 0 Å². The molecule has 122 valence electrons. The van der Waals surface area contributed by atoms with Crippen molar-refractivity contribution in [1.82, 2.24) is 9.88 Å². The third-order valence-corrected chi connectivity index (χ3v) is 4.67. The van der Waals surface area contributed by atoms with Crippen molar-refractivity contribution in [2.24, 2.45) is 0 Å². The van der Waals surface area contributed by atoms with Gasteiger partial charge in [0.05, 0.1) is 0 Å². The van der Waals surface area contributed by atoms with Crippen LogP contribution in [0.2, 0.25) is 0 Å². The molecule has 0 amide bonds. The fourth-order valence-electron chi connectivity index (χ4n) is 3.51. The monoisotopic (exact) mass is 318 g/mol. The predicted molar refractivity (Wildman–Crippen MR) is 99.9 cm³/mol. The maximum Gasteiger partial charge on any atom is 0.0423 e. The van der Waals surface area contributed by atoms with Crippen molar-refractivity contribution in [2.45, 2.75) is 19.0 Å². The molecular weight excluding hydrogens is 296 g/mol. The molecule has 0 spiro atoms. The number of nitrogens with one attached hydrogen (secondary N) is 1. The zero-order valence-electron chi connectivity index (χ0n) is 13.7. The van der Waals surface area contributed by atoms with E-state index in [0.29, 0.717) is 6.04 Å². The molecule has 4 nitrogen and oxygen atoms in total. The molecule has 0 bridgehead atoms. The average molecular weight is 318 g/mol. The van der Waals surface area contributed by atoms with Gasteiger partial charge < -0.3 is 11.1 Å². The van der Waals surface area contributed by atoms with Crippen LogP contribution in [0, 0.1) is 0 Å². The minimum absolute atomic E-state index is 0.477. The Balaban J connectivity index is 1.43. The molecule has 1 aliphatic heterocycles. The summed E-state index contributed by atoms with van der Waals surface area (Å²) in [6.07, 6.45) is 4.93. The van der Waals surface area contributed by atoms with Crippen molar-refractivity contribution in [3.63, 3.8) is 0 Å².